The van der Waals surface area contributed by atoms with E-state index in [0.29, 0.717) is 12.1 Å². The highest BCUT2D eigenvalue weighted by Crippen LogP contribution is 2.33. The number of likely N-dealkylation sites (tertiary alicyclic amines) is 1. The summed E-state index contributed by atoms with van der Waals surface area (Å²) in [5, 5.41) is 0. The van der Waals surface area contributed by atoms with Gasteiger partial charge >= 0.3 is 5.97 Å². The molecule has 0 aromatic heterocycles. The molecule has 19 heavy (non-hydrogen) atoms. The number of rotatable bonds is 2. The van der Waals surface area contributed by atoms with Gasteiger partial charge in [0, 0.05) is 12.1 Å². The molecular formula is C15H28N2O2. The van der Waals surface area contributed by atoms with Crippen molar-refractivity contribution >= 4 is 5.97 Å². The molecule has 0 aromatic carbocycles. The number of ether oxygens (including phenoxy) is 1. The van der Waals surface area contributed by atoms with E-state index < -0.39 is 5.54 Å². The van der Waals surface area contributed by atoms with Gasteiger partial charge in [-0.05, 0) is 52.0 Å². The van der Waals surface area contributed by atoms with E-state index in [4.69, 9.17) is 10.5 Å². The molecule has 1 aliphatic carbocycles. The number of hydrogen-bond donors (Lipinski definition) is 1. The van der Waals surface area contributed by atoms with E-state index in [-0.39, 0.29) is 5.97 Å². The van der Waals surface area contributed by atoms with Gasteiger partial charge in [-0.15, -0.1) is 0 Å². The monoisotopic (exact) mass is 268 g/mol. The van der Waals surface area contributed by atoms with Crippen molar-refractivity contribution in [2.75, 3.05) is 13.7 Å². The third kappa shape index (κ3) is 3.29. The first-order chi connectivity index (χ1) is 9.07. The highest BCUT2D eigenvalue weighted by atomic mass is 16.5. The summed E-state index contributed by atoms with van der Waals surface area (Å²) >= 11 is 0. The zero-order valence-electron chi connectivity index (χ0n) is 12.4. The van der Waals surface area contributed by atoms with Crippen molar-refractivity contribution in [2.24, 2.45) is 5.73 Å². The lowest BCUT2D eigenvalue weighted by atomic mass is 9.78. The van der Waals surface area contributed by atoms with Crippen molar-refractivity contribution in [2.45, 2.75) is 75.9 Å². The topological polar surface area (TPSA) is 55.6 Å². The first-order valence-electron chi connectivity index (χ1n) is 7.70. The normalized spacial score (nSPS) is 37.6. The zero-order valence-corrected chi connectivity index (χ0v) is 12.4. The molecular weight excluding hydrogens is 240 g/mol. The first-order valence-corrected chi connectivity index (χ1v) is 7.70. The van der Waals surface area contributed by atoms with Gasteiger partial charge in [0.05, 0.1) is 7.11 Å². The number of carbonyl (C=O) groups excluding carboxylic acids is 1. The number of nitrogens with zero attached hydrogens (tertiary/aromatic N) is 1. The highest BCUT2D eigenvalue weighted by Gasteiger charge is 2.42. The standard InChI is InChI=1S/C15H28N2O2/c1-12-7-4-3-5-10-17(12)13-8-6-9-15(16,11-13)14(18)19-2/h12-13H,3-11,16H2,1-2H3. The molecule has 0 bridgehead atoms. The van der Waals surface area contributed by atoms with Gasteiger partial charge in [-0.1, -0.05) is 12.8 Å². The molecule has 2 N–H and O–H groups in total. The van der Waals surface area contributed by atoms with Crippen molar-refractivity contribution in [3.63, 3.8) is 0 Å². The quantitative estimate of drug-likeness (QED) is 0.779. The molecule has 0 spiro atoms. The van der Waals surface area contributed by atoms with Crippen molar-refractivity contribution < 1.29 is 9.53 Å². The lowest BCUT2D eigenvalue weighted by Gasteiger charge is -2.43. The van der Waals surface area contributed by atoms with Crippen LogP contribution in [0.2, 0.25) is 0 Å². The fourth-order valence-electron chi connectivity index (χ4n) is 3.79. The summed E-state index contributed by atoms with van der Waals surface area (Å²) in [4.78, 5) is 14.5. The number of nitrogens with two attached hydrogens (primary N) is 1. The Morgan fingerprint density at radius 2 is 2.05 bits per heavy atom. The molecule has 1 heterocycles. The molecule has 3 unspecified atom stereocenters. The van der Waals surface area contributed by atoms with Crippen molar-refractivity contribution in [1.82, 2.24) is 4.90 Å². The molecule has 1 saturated heterocycles. The number of hydrogen-bond acceptors (Lipinski definition) is 4. The molecule has 0 amide bonds. The summed E-state index contributed by atoms with van der Waals surface area (Å²) < 4.78 is 4.90. The molecule has 1 aliphatic heterocycles. The van der Waals surface area contributed by atoms with Gasteiger partial charge < -0.3 is 10.5 Å². The zero-order chi connectivity index (χ0) is 13.9. The molecule has 4 nitrogen and oxygen atoms in total. The van der Waals surface area contributed by atoms with Crippen LogP contribution in [-0.2, 0) is 9.53 Å². The van der Waals surface area contributed by atoms with Crippen LogP contribution in [0.25, 0.3) is 0 Å². The van der Waals surface area contributed by atoms with E-state index in [0.717, 1.165) is 25.8 Å². The Bertz CT molecular complexity index is 321. The predicted octanol–water partition coefficient (Wildman–Crippen LogP) is 2.06. The highest BCUT2D eigenvalue weighted by molar-refractivity contribution is 5.80. The number of esters is 1. The maximum atomic E-state index is 11.9. The maximum absolute atomic E-state index is 11.9. The predicted molar refractivity (Wildman–Crippen MR) is 75.8 cm³/mol. The first kappa shape index (κ1) is 14.8. The minimum Gasteiger partial charge on any atom is -0.468 e. The van der Waals surface area contributed by atoms with Crippen molar-refractivity contribution in [3.8, 4) is 0 Å². The second-order valence-electron chi connectivity index (χ2n) is 6.33. The van der Waals surface area contributed by atoms with Gasteiger partial charge in [0.15, 0.2) is 0 Å². The minimum absolute atomic E-state index is 0.236. The van der Waals surface area contributed by atoms with Crippen LogP contribution in [0, 0.1) is 0 Å². The molecule has 4 heteroatoms. The fourth-order valence-corrected chi connectivity index (χ4v) is 3.79. The molecule has 1 saturated carbocycles. The van der Waals surface area contributed by atoms with Gasteiger partial charge in [-0.2, -0.15) is 0 Å². The molecule has 3 atom stereocenters. The van der Waals surface area contributed by atoms with Gasteiger partial charge in [0.25, 0.3) is 0 Å². The number of carbonyl (C=O) groups is 1. The molecule has 2 fully saturated rings. The van der Waals surface area contributed by atoms with Crippen LogP contribution in [0.4, 0.5) is 0 Å². The second-order valence-corrected chi connectivity index (χ2v) is 6.33. The Balaban J connectivity index is 2.05. The lowest BCUT2D eigenvalue weighted by molar-refractivity contribution is -0.149. The Morgan fingerprint density at radius 3 is 2.79 bits per heavy atom. The summed E-state index contributed by atoms with van der Waals surface area (Å²) in [5.74, 6) is -0.236. The average molecular weight is 268 g/mol. The van der Waals surface area contributed by atoms with Crippen LogP contribution in [0.3, 0.4) is 0 Å². The SMILES string of the molecule is COC(=O)C1(N)CCCC(N2CCCCCC2C)C1. The van der Waals surface area contributed by atoms with Crippen LogP contribution in [0.5, 0.6) is 0 Å². The third-order valence-corrected chi connectivity index (χ3v) is 4.93. The average Bonchev–Trinajstić information content (AvgIpc) is 2.62. The fraction of sp³-hybridized carbons (Fsp3) is 0.933. The van der Waals surface area contributed by atoms with Crippen LogP contribution < -0.4 is 5.73 Å². The molecule has 110 valence electrons. The van der Waals surface area contributed by atoms with E-state index in [1.165, 1.54) is 39.2 Å². The summed E-state index contributed by atoms with van der Waals surface area (Å²) in [7, 11) is 1.44. The van der Waals surface area contributed by atoms with E-state index >= 15 is 0 Å². The third-order valence-electron chi connectivity index (χ3n) is 4.93. The van der Waals surface area contributed by atoms with Crippen LogP contribution in [-0.4, -0.2) is 42.1 Å². The molecule has 2 rings (SSSR count). The van der Waals surface area contributed by atoms with E-state index in [2.05, 4.69) is 11.8 Å². The molecule has 0 radical (unpaired) electrons. The largest absolute Gasteiger partial charge is 0.468 e. The minimum atomic E-state index is -0.760. The van der Waals surface area contributed by atoms with Gasteiger partial charge in [0.2, 0.25) is 0 Å². The maximum Gasteiger partial charge on any atom is 0.325 e. The Kier molecular flexibility index (Phi) is 4.85. The summed E-state index contributed by atoms with van der Waals surface area (Å²) in [6.45, 7) is 3.47. The second kappa shape index (κ2) is 6.23. The summed E-state index contributed by atoms with van der Waals surface area (Å²) in [5.41, 5.74) is 5.53. The van der Waals surface area contributed by atoms with Crippen molar-refractivity contribution in [3.05, 3.63) is 0 Å². The van der Waals surface area contributed by atoms with Crippen LogP contribution in [0.1, 0.15) is 58.3 Å². The van der Waals surface area contributed by atoms with E-state index in [1.54, 1.807) is 0 Å². The number of methoxy groups -OCH3 is 1. The van der Waals surface area contributed by atoms with E-state index in [9.17, 15) is 4.79 Å². The van der Waals surface area contributed by atoms with Crippen molar-refractivity contribution in [1.29, 1.82) is 0 Å². The van der Waals surface area contributed by atoms with Crippen LogP contribution >= 0.6 is 0 Å². The Morgan fingerprint density at radius 1 is 1.26 bits per heavy atom. The lowest BCUT2D eigenvalue weighted by Crippen LogP contribution is -2.57. The summed E-state index contributed by atoms with van der Waals surface area (Å²) in [6.07, 6.45) is 8.92. The summed E-state index contributed by atoms with van der Waals surface area (Å²) in [6, 6.07) is 1.07. The van der Waals surface area contributed by atoms with Gasteiger partial charge in [0.1, 0.15) is 5.54 Å². The van der Waals surface area contributed by atoms with Gasteiger partial charge in [-0.25, -0.2) is 0 Å². The smallest absolute Gasteiger partial charge is 0.325 e. The van der Waals surface area contributed by atoms with E-state index in [1.807, 2.05) is 0 Å². The Hall–Kier alpha value is -0.610. The Labute approximate surface area is 116 Å². The molecule has 2 aliphatic rings. The molecule has 0 aromatic rings. The van der Waals surface area contributed by atoms with Gasteiger partial charge in [-0.3, -0.25) is 9.69 Å². The van der Waals surface area contributed by atoms with Crippen LogP contribution in [0.15, 0.2) is 0 Å².